The summed E-state index contributed by atoms with van der Waals surface area (Å²) in [6.07, 6.45) is 7.07. The van der Waals surface area contributed by atoms with Crippen molar-refractivity contribution in [3.63, 3.8) is 0 Å². The molecule has 0 unspecified atom stereocenters. The molecule has 0 saturated heterocycles. The summed E-state index contributed by atoms with van der Waals surface area (Å²) in [5, 5.41) is 0. The van der Waals surface area contributed by atoms with Crippen molar-refractivity contribution in [3.05, 3.63) is 65.0 Å². The summed E-state index contributed by atoms with van der Waals surface area (Å²) in [7, 11) is 0. The molecule has 1 aliphatic heterocycles. The molecule has 3 heteroatoms. The zero-order valence-electron chi connectivity index (χ0n) is 14.7. The van der Waals surface area contributed by atoms with Crippen molar-refractivity contribution in [1.82, 2.24) is 9.88 Å². The van der Waals surface area contributed by atoms with Crippen LogP contribution in [-0.4, -0.2) is 22.3 Å². The van der Waals surface area contributed by atoms with Crippen molar-refractivity contribution in [3.8, 4) is 0 Å². The van der Waals surface area contributed by atoms with Crippen molar-refractivity contribution in [2.45, 2.75) is 52.0 Å². The third-order valence-corrected chi connectivity index (χ3v) is 4.84. The molecule has 0 N–H and O–H groups in total. The standard InChI is InChI=1S/C21H26N2O/c1-16(2)19-9-8-18-10-12-23(15-20(18)13-19)21(24)7-3-5-17-6-4-11-22-14-17/h4,6,8-9,11,13-14,16H,3,5,7,10,12,15H2,1-2H3. The Labute approximate surface area is 144 Å². The van der Waals surface area contributed by atoms with Gasteiger partial charge in [-0.15, -0.1) is 0 Å². The molecule has 0 fully saturated rings. The second-order valence-electron chi connectivity index (χ2n) is 6.96. The lowest BCUT2D eigenvalue weighted by Gasteiger charge is -2.29. The van der Waals surface area contributed by atoms with Gasteiger partial charge in [-0.05, 0) is 53.5 Å². The van der Waals surface area contributed by atoms with Crippen LogP contribution in [0.2, 0.25) is 0 Å². The van der Waals surface area contributed by atoms with E-state index in [1.165, 1.54) is 22.3 Å². The lowest BCUT2D eigenvalue weighted by molar-refractivity contribution is -0.132. The first-order chi connectivity index (χ1) is 11.6. The summed E-state index contributed by atoms with van der Waals surface area (Å²) in [6, 6.07) is 10.8. The van der Waals surface area contributed by atoms with Gasteiger partial charge in [0.15, 0.2) is 0 Å². The van der Waals surface area contributed by atoms with Gasteiger partial charge in [-0.2, -0.15) is 0 Å². The van der Waals surface area contributed by atoms with E-state index in [0.717, 1.165) is 32.4 Å². The van der Waals surface area contributed by atoms with Crippen LogP contribution in [0.3, 0.4) is 0 Å². The lowest BCUT2D eigenvalue weighted by atomic mass is 9.93. The third-order valence-electron chi connectivity index (χ3n) is 4.84. The van der Waals surface area contributed by atoms with E-state index in [-0.39, 0.29) is 5.91 Å². The lowest BCUT2D eigenvalue weighted by Crippen LogP contribution is -2.35. The van der Waals surface area contributed by atoms with Crippen molar-refractivity contribution in [2.75, 3.05) is 6.54 Å². The van der Waals surface area contributed by atoms with Gasteiger partial charge in [0.1, 0.15) is 0 Å². The Kier molecular flexibility index (Phi) is 5.29. The van der Waals surface area contributed by atoms with Crippen LogP contribution < -0.4 is 0 Å². The number of carbonyl (C=O) groups is 1. The Morgan fingerprint density at radius 2 is 2.12 bits per heavy atom. The van der Waals surface area contributed by atoms with Gasteiger partial charge in [0.05, 0.1) is 0 Å². The predicted octanol–water partition coefficient (Wildman–Crippen LogP) is 4.11. The molecular weight excluding hydrogens is 296 g/mol. The van der Waals surface area contributed by atoms with Crippen molar-refractivity contribution in [1.29, 1.82) is 0 Å². The monoisotopic (exact) mass is 322 g/mol. The maximum atomic E-state index is 12.5. The molecule has 1 aliphatic rings. The number of rotatable bonds is 5. The molecule has 3 nitrogen and oxygen atoms in total. The number of benzene rings is 1. The first-order valence-corrected chi connectivity index (χ1v) is 8.92. The molecule has 1 amide bonds. The Morgan fingerprint density at radius 3 is 2.88 bits per heavy atom. The molecule has 0 atom stereocenters. The number of hydrogen-bond acceptors (Lipinski definition) is 2. The maximum absolute atomic E-state index is 12.5. The Morgan fingerprint density at radius 1 is 1.25 bits per heavy atom. The molecule has 0 aliphatic carbocycles. The zero-order valence-corrected chi connectivity index (χ0v) is 14.7. The smallest absolute Gasteiger partial charge is 0.222 e. The number of amides is 1. The minimum Gasteiger partial charge on any atom is -0.338 e. The Bertz CT molecular complexity index is 694. The van der Waals surface area contributed by atoms with Gasteiger partial charge in [0, 0.05) is 31.9 Å². The second-order valence-corrected chi connectivity index (χ2v) is 6.96. The fraction of sp³-hybridized carbons (Fsp3) is 0.429. The van der Waals surface area contributed by atoms with Crippen LogP contribution in [-0.2, 0) is 24.2 Å². The average Bonchev–Trinajstić information content (AvgIpc) is 2.61. The van der Waals surface area contributed by atoms with Gasteiger partial charge >= 0.3 is 0 Å². The second kappa shape index (κ2) is 7.61. The molecule has 2 aromatic rings. The number of pyridine rings is 1. The van der Waals surface area contributed by atoms with E-state index in [4.69, 9.17) is 0 Å². The molecule has 0 saturated carbocycles. The van der Waals surface area contributed by atoms with Crippen molar-refractivity contribution >= 4 is 5.91 Å². The highest BCUT2D eigenvalue weighted by Gasteiger charge is 2.20. The normalized spacial score (nSPS) is 13.9. The number of aryl methyl sites for hydroxylation is 1. The Balaban J connectivity index is 1.56. The number of aromatic nitrogens is 1. The molecule has 2 heterocycles. The minimum absolute atomic E-state index is 0.277. The molecule has 1 aromatic heterocycles. The highest BCUT2D eigenvalue weighted by molar-refractivity contribution is 5.76. The predicted molar refractivity (Wildman–Crippen MR) is 96.8 cm³/mol. The van der Waals surface area contributed by atoms with E-state index in [1.54, 1.807) is 6.20 Å². The maximum Gasteiger partial charge on any atom is 0.222 e. The topological polar surface area (TPSA) is 33.2 Å². The van der Waals surface area contributed by atoms with E-state index in [1.807, 2.05) is 17.2 Å². The fourth-order valence-corrected chi connectivity index (χ4v) is 3.30. The Hall–Kier alpha value is -2.16. The van der Waals surface area contributed by atoms with Gasteiger partial charge in [-0.3, -0.25) is 9.78 Å². The van der Waals surface area contributed by atoms with E-state index in [2.05, 4.69) is 43.1 Å². The molecule has 24 heavy (non-hydrogen) atoms. The zero-order chi connectivity index (χ0) is 16.9. The minimum atomic E-state index is 0.277. The number of fused-ring (bicyclic) bond motifs is 1. The molecule has 3 rings (SSSR count). The van der Waals surface area contributed by atoms with Crippen LogP contribution in [0.15, 0.2) is 42.7 Å². The van der Waals surface area contributed by atoms with E-state index in [9.17, 15) is 4.79 Å². The molecule has 126 valence electrons. The van der Waals surface area contributed by atoms with Gasteiger partial charge in [-0.1, -0.05) is 38.1 Å². The molecule has 0 bridgehead atoms. The summed E-state index contributed by atoms with van der Waals surface area (Å²) in [5.41, 5.74) is 5.29. The van der Waals surface area contributed by atoms with E-state index < -0.39 is 0 Å². The first-order valence-electron chi connectivity index (χ1n) is 8.92. The molecule has 0 radical (unpaired) electrons. The van der Waals surface area contributed by atoms with Gasteiger partial charge < -0.3 is 4.90 Å². The SMILES string of the molecule is CC(C)c1ccc2c(c1)CN(C(=O)CCCc1cccnc1)CC2. The van der Waals surface area contributed by atoms with Crippen LogP contribution in [0.4, 0.5) is 0 Å². The van der Waals surface area contributed by atoms with Gasteiger partial charge in [0.2, 0.25) is 5.91 Å². The van der Waals surface area contributed by atoms with Crippen LogP contribution in [0.25, 0.3) is 0 Å². The van der Waals surface area contributed by atoms with Crippen LogP contribution in [0.5, 0.6) is 0 Å². The third kappa shape index (κ3) is 4.02. The van der Waals surface area contributed by atoms with Crippen molar-refractivity contribution in [2.24, 2.45) is 0 Å². The number of hydrogen-bond donors (Lipinski definition) is 0. The van der Waals surface area contributed by atoms with E-state index >= 15 is 0 Å². The number of nitrogens with zero attached hydrogens (tertiary/aromatic N) is 2. The van der Waals surface area contributed by atoms with Crippen LogP contribution >= 0.6 is 0 Å². The summed E-state index contributed by atoms with van der Waals surface area (Å²) < 4.78 is 0. The highest BCUT2D eigenvalue weighted by atomic mass is 16.2. The van der Waals surface area contributed by atoms with Crippen LogP contribution in [0, 0.1) is 0 Å². The highest BCUT2D eigenvalue weighted by Crippen LogP contribution is 2.24. The van der Waals surface area contributed by atoms with Crippen LogP contribution in [0.1, 0.15) is 54.9 Å². The summed E-state index contributed by atoms with van der Waals surface area (Å²) in [4.78, 5) is 18.7. The largest absolute Gasteiger partial charge is 0.338 e. The number of carbonyl (C=O) groups excluding carboxylic acids is 1. The quantitative estimate of drug-likeness (QED) is 0.830. The molecule has 1 aromatic carbocycles. The summed E-state index contributed by atoms with van der Waals surface area (Å²) >= 11 is 0. The molecule has 0 spiro atoms. The van der Waals surface area contributed by atoms with Gasteiger partial charge in [-0.25, -0.2) is 0 Å². The first kappa shape index (κ1) is 16.7. The fourth-order valence-electron chi connectivity index (χ4n) is 3.30. The average molecular weight is 322 g/mol. The van der Waals surface area contributed by atoms with Crippen molar-refractivity contribution < 1.29 is 4.79 Å². The van der Waals surface area contributed by atoms with E-state index in [0.29, 0.717) is 12.3 Å². The summed E-state index contributed by atoms with van der Waals surface area (Å²) in [6.45, 7) is 6.04. The molecular formula is C21H26N2O. The summed E-state index contributed by atoms with van der Waals surface area (Å²) in [5.74, 6) is 0.806. The van der Waals surface area contributed by atoms with Gasteiger partial charge in [0.25, 0.3) is 0 Å².